The lowest BCUT2D eigenvalue weighted by Gasteiger charge is -2.10. The standard InChI is InChI=1S/C17H15NO2/c1-18-11-16(12-6-5-7-13(10-12)20-2)14-8-3-4-9-15(14)17(18)19/h3-11H,1-2H3. The van der Waals surface area contributed by atoms with Crippen LogP contribution in [0.3, 0.4) is 0 Å². The van der Waals surface area contributed by atoms with Gasteiger partial charge in [-0.1, -0.05) is 30.3 Å². The van der Waals surface area contributed by atoms with Crippen LogP contribution in [0.2, 0.25) is 0 Å². The van der Waals surface area contributed by atoms with Crippen molar-refractivity contribution in [3.8, 4) is 16.9 Å². The van der Waals surface area contributed by atoms with E-state index in [0.29, 0.717) is 0 Å². The van der Waals surface area contributed by atoms with Crippen LogP contribution < -0.4 is 10.3 Å². The van der Waals surface area contributed by atoms with Gasteiger partial charge in [0.1, 0.15) is 5.75 Å². The highest BCUT2D eigenvalue weighted by molar-refractivity contribution is 5.95. The lowest BCUT2D eigenvalue weighted by Crippen LogP contribution is -2.16. The first kappa shape index (κ1) is 12.5. The van der Waals surface area contributed by atoms with E-state index in [2.05, 4.69) is 0 Å². The Labute approximate surface area is 117 Å². The van der Waals surface area contributed by atoms with E-state index in [1.807, 2.05) is 54.7 Å². The quantitative estimate of drug-likeness (QED) is 0.712. The number of benzene rings is 2. The van der Waals surface area contributed by atoms with Gasteiger partial charge >= 0.3 is 0 Å². The van der Waals surface area contributed by atoms with Crippen molar-refractivity contribution in [1.82, 2.24) is 4.57 Å². The Kier molecular flexibility index (Phi) is 3.03. The van der Waals surface area contributed by atoms with Gasteiger partial charge in [0, 0.05) is 24.2 Å². The van der Waals surface area contributed by atoms with E-state index in [1.54, 1.807) is 18.7 Å². The summed E-state index contributed by atoms with van der Waals surface area (Å²) in [5.74, 6) is 0.806. The molecular formula is C17H15NO2. The number of aromatic nitrogens is 1. The summed E-state index contributed by atoms with van der Waals surface area (Å²) in [4.78, 5) is 12.2. The highest BCUT2D eigenvalue weighted by atomic mass is 16.5. The predicted octanol–water partition coefficient (Wildman–Crippen LogP) is 3.21. The molecule has 0 aliphatic carbocycles. The second kappa shape index (κ2) is 4.85. The Hall–Kier alpha value is -2.55. The number of nitrogens with zero attached hydrogens (tertiary/aromatic N) is 1. The molecule has 0 radical (unpaired) electrons. The maximum atomic E-state index is 12.2. The molecule has 0 fully saturated rings. The SMILES string of the molecule is COc1cccc(-c2cn(C)c(=O)c3ccccc23)c1. The lowest BCUT2D eigenvalue weighted by molar-refractivity contribution is 0.415. The smallest absolute Gasteiger partial charge is 0.258 e. The molecule has 0 aliphatic heterocycles. The second-order valence-corrected chi connectivity index (χ2v) is 4.74. The normalized spacial score (nSPS) is 10.7. The van der Waals surface area contributed by atoms with Crippen molar-refractivity contribution in [2.24, 2.45) is 7.05 Å². The van der Waals surface area contributed by atoms with Crippen molar-refractivity contribution in [2.75, 3.05) is 7.11 Å². The first-order valence-electron chi connectivity index (χ1n) is 6.43. The van der Waals surface area contributed by atoms with Gasteiger partial charge in [-0.15, -0.1) is 0 Å². The molecule has 0 N–H and O–H groups in total. The molecule has 0 atom stereocenters. The lowest BCUT2D eigenvalue weighted by atomic mass is 10.0. The van der Waals surface area contributed by atoms with Crippen molar-refractivity contribution in [1.29, 1.82) is 0 Å². The summed E-state index contributed by atoms with van der Waals surface area (Å²) in [7, 11) is 3.43. The van der Waals surface area contributed by atoms with E-state index >= 15 is 0 Å². The Bertz CT molecular complexity index is 834. The van der Waals surface area contributed by atoms with Gasteiger partial charge in [-0.25, -0.2) is 0 Å². The first-order valence-corrected chi connectivity index (χ1v) is 6.43. The van der Waals surface area contributed by atoms with Gasteiger partial charge < -0.3 is 9.30 Å². The largest absolute Gasteiger partial charge is 0.497 e. The fraction of sp³-hybridized carbons (Fsp3) is 0.118. The van der Waals surface area contributed by atoms with Gasteiger partial charge in [0.2, 0.25) is 0 Å². The molecule has 0 amide bonds. The zero-order chi connectivity index (χ0) is 14.1. The molecule has 0 spiro atoms. The molecule has 0 aliphatic rings. The van der Waals surface area contributed by atoms with Crippen LogP contribution in [0.4, 0.5) is 0 Å². The third-order valence-corrected chi connectivity index (χ3v) is 3.47. The Balaban J connectivity index is 2.36. The van der Waals surface area contributed by atoms with Crippen molar-refractivity contribution in [3.05, 3.63) is 65.1 Å². The molecule has 2 aromatic carbocycles. The van der Waals surface area contributed by atoms with Crippen LogP contribution in [-0.4, -0.2) is 11.7 Å². The molecule has 3 nitrogen and oxygen atoms in total. The zero-order valence-electron chi connectivity index (χ0n) is 11.5. The summed E-state index contributed by atoms with van der Waals surface area (Å²) in [6, 6.07) is 15.5. The second-order valence-electron chi connectivity index (χ2n) is 4.74. The number of ether oxygens (including phenoxy) is 1. The first-order chi connectivity index (χ1) is 9.70. The summed E-state index contributed by atoms with van der Waals surface area (Å²) in [5, 5.41) is 1.69. The Morgan fingerprint density at radius 1 is 1.00 bits per heavy atom. The van der Waals surface area contributed by atoms with E-state index in [4.69, 9.17) is 4.74 Å². The van der Waals surface area contributed by atoms with Crippen LogP contribution >= 0.6 is 0 Å². The molecular weight excluding hydrogens is 250 g/mol. The van der Waals surface area contributed by atoms with E-state index in [9.17, 15) is 4.79 Å². The summed E-state index contributed by atoms with van der Waals surface area (Å²) in [6.07, 6.45) is 1.87. The third kappa shape index (κ3) is 1.97. The topological polar surface area (TPSA) is 31.2 Å². The molecule has 3 heteroatoms. The van der Waals surface area contributed by atoms with Gasteiger partial charge in [0.15, 0.2) is 0 Å². The van der Waals surface area contributed by atoms with Crippen LogP contribution in [0.5, 0.6) is 5.75 Å². The minimum absolute atomic E-state index is 0.0206. The van der Waals surface area contributed by atoms with Crippen molar-refractivity contribution in [2.45, 2.75) is 0 Å². The number of methoxy groups -OCH3 is 1. The highest BCUT2D eigenvalue weighted by Gasteiger charge is 2.08. The van der Waals surface area contributed by atoms with Crippen LogP contribution in [0.15, 0.2) is 59.5 Å². The Morgan fingerprint density at radius 3 is 2.50 bits per heavy atom. The molecule has 0 saturated heterocycles. The fourth-order valence-electron chi connectivity index (χ4n) is 2.44. The minimum Gasteiger partial charge on any atom is -0.497 e. The van der Waals surface area contributed by atoms with E-state index in [-0.39, 0.29) is 5.56 Å². The van der Waals surface area contributed by atoms with Crippen molar-refractivity contribution in [3.63, 3.8) is 0 Å². The number of aryl methyl sites for hydroxylation is 1. The molecule has 0 unspecified atom stereocenters. The van der Waals surface area contributed by atoms with Gasteiger partial charge in [0.25, 0.3) is 5.56 Å². The summed E-state index contributed by atoms with van der Waals surface area (Å²) >= 11 is 0. The fourth-order valence-corrected chi connectivity index (χ4v) is 2.44. The van der Waals surface area contributed by atoms with E-state index in [0.717, 1.165) is 27.6 Å². The number of hydrogen-bond acceptors (Lipinski definition) is 2. The van der Waals surface area contributed by atoms with Gasteiger partial charge in [-0.05, 0) is 29.1 Å². The zero-order valence-corrected chi connectivity index (χ0v) is 11.5. The number of hydrogen-bond donors (Lipinski definition) is 0. The molecule has 3 aromatic rings. The van der Waals surface area contributed by atoms with Crippen LogP contribution in [0.25, 0.3) is 21.9 Å². The minimum atomic E-state index is 0.0206. The predicted molar refractivity (Wildman–Crippen MR) is 81.2 cm³/mol. The van der Waals surface area contributed by atoms with Gasteiger partial charge in [-0.2, -0.15) is 0 Å². The molecule has 0 bridgehead atoms. The maximum Gasteiger partial charge on any atom is 0.258 e. The third-order valence-electron chi connectivity index (χ3n) is 3.47. The van der Waals surface area contributed by atoms with Crippen molar-refractivity contribution >= 4 is 10.8 Å². The number of rotatable bonds is 2. The van der Waals surface area contributed by atoms with Crippen LogP contribution in [0.1, 0.15) is 0 Å². The van der Waals surface area contributed by atoms with Crippen LogP contribution in [0, 0.1) is 0 Å². The summed E-state index contributed by atoms with van der Waals surface area (Å²) < 4.78 is 6.90. The van der Waals surface area contributed by atoms with E-state index < -0.39 is 0 Å². The molecule has 0 saturated carbocycles. The number of pyridine rings is 1. The maximum absolute atomic E-state index is 12.2. The molecule has 3 rings (SSSR count). The van der Waals surface area contributed by atoms with Gasteiger partial charge in [-0.3, -0.25) is 4.79 Å². The van der Waals surface area contributed by atoms with E-state index in [1.165, 1.54) is 0 Å². The summed E-state index contributed by atoms with van der Waals surface area (Å²) in [5.41, 5.74) is 2.09. The Morgan fingerprint density at radius 2 is 1.75 bits per heavy atom. The van der Waals surface area contributed by atoms with Crippen LogP contribution in [-0.2, 0) is 7.05 Å². The average molecular weight is 265 g/mol. The van der Waals surface area contributed by atoms with Gasteiger partial charge in [0.05, 0.1) is 7.11 Å². The van der Waals surface area contributed by atoms with Crippen molar-refractivity contribution < 1.29 is 4.74 Å². The molecule has 20 heavy (non-hydrogen) atoms. The number of fused-ring (bicyclic) bond motifs is 1. The highest BCUT2D eigenvalue weighted by Crippen LogP contribution is 2.28. The molecule has 1 heterocycles. The molecule has 1 aromatic heterocycles. The monoisotopic (exact) mass is 265 g/mol. The average Bonchev–Trinajstić information content (AvgIpc) is 2.51. The summed E-state index contributed by atoms with van der Waals surface area (Å²) in [6.45, 7) is 0. The molecule has 100 valence electrons.